The van der Waals surface area contributed by atoms with E-state index in [1.165, 1.54) is 16.3 Å². The van der Waals surface area contributed by atoms with Gasteiger partial charge in [-0.1, -0.05) is 135 Å². The molecule has 0 saturated heterocycles. The first-order valence-electron chi connectivity index (χ1n) is 22.0. The fourth-order valence-electron chi connectivity index (χ4n) is 9.26. The smallest absolute Gasteiger partial charge is 0.135 e. The second kappa shape index (κ2) is 16.3. The van der Waals surface area contributed by atoms with Crippen LogP contribution in [0.3, 0.4) is 0 Å². The molecule has 3 aromatic heterocycles. The SMILES string of the molecule is CC(C)(C)c1ccnc(-n2c3[c-]c(Oc4[c-]c(N5[CH-]N(C(C)(C)C)C(c6ccccc6)=C5c5ccccc5)ccc4)ccc3c3c2ccc2c4ccccc4n(-c4ccccc4)c23)c1.[Pt]. The summed E-state index contributed by atoms with van der Waals surface area (Å²) in [4.78, 5) is 9.63. The second-order valence-corrected chi connectivity index (χ2v) is 18.6. The van der Waals surface area contributed by atoms with Crippen LogP contribution in [-0.2, 0) is 26.5 Å². The molecule has 0 amide bonds. The molecule has 0 fully saturated rings. The zero-order valence-corrected chi connectivity index (χ0v) is 39.6. The molecular formula is C58H48N5OPt-3. The fraction of sp³-hybridized carbons (Fsp3) is 0.138. The third-order valence-electron chi connectivity index (χ3n) is 12.3. The van der Waals surface area contributed by atoms with E-state index in [4.69, 9.17) is 9.72 Å². The monoisotopic (exact) mass is 1030 g/mol. The molecule has 0 atom stereocenters. The number of hydrogen-bond acceptors (Lipinski definition) is 4. The number of ether oxygens (including phenoxy) is 1. The van der Waals surface area contributed by atoms with Crippen molar-refractivity contribution in [3.63, 3.8) is 0 Å². The van der Waals surface area contributed by atoms with E-state index in [-0.39, 0.29) is 32.0 Å². The topological polar surface area (TPSA) is 38.5 Å². The van der Waals surface area contributed by atoms with Crippen LogP contribution in [0.15, 0.2) is 176 Å². The maximum Gasteiger partial charge on any atom is 0.135 e. The van der Waals surface area contributed by atoms with Gasteiger partial charge in [0.05, 0.1) is 11.0 Å². The summed E-state index contributed by atoms with van der Waals surface area (Å²) in [5, 5.41) is 4.60. The Morgan fingerprint density at radius 3 is 1.91 bits per heavy atom. The van der Waals surface area contributed by atoms with E-state index in [2.05, 4.69) is 231 Å². The van der Waals surface area contributed by atoms with Gasteiger partial charge in [-0.15, -0.1) is 36.0 Å². The molecule has 1 aliphatic rings. The van der Waals surface area contributed by atoms with E-state index in [1.54, 1.807) is 0 Å². The van der Waals surface area contributed by atoms with Gasteiger partial charge in [0.1, 0.15) is 5.82 Å². The molecule has 0 N–H and O–H groups in total. The van der Waals surface area contributed by atoms with Gasteiger partial charge in [0.15, 0.2) is 0 Å². The zero-order valence-electron chi connectivity index (χ0n) is 37.3. The average molecular weight is 1030 g/mol. The summed E-state index contributed by atoms with van der Waals surface area (Å²) in [6.07, 6.45) is 1.92. The first-order valence-corrected chi connectivity index (χ1v) is 22.0. The van der Waals surface area contributed by atoms with E-state index in [0.717, 1.165) is 72.6 Å². The molecule has 7 aromatic carbocycles. The van der Waals surface area contributed by atoms with E-state index >= 15 is 0 Å². The minimum atomic E-state index is -0.209. The Morgan fingerprint density at radius 2 is 1.20 bits per heavy atom. The predicted molar refractivity (Wildman–Crippen MR) is 264 cm³/mol. The number of para-hydroxylation sites is 2. The fourth-order valence-corrected chi connectivity index (χ4v) is 9.26. The number of nitrogens with zero attached hydrogens (tertiary/aromatic N) is 5. The Kier molecular flexibility index (Phi) is 10.5. The van der Waals surface area contributed by atoms with Crippen molar-refractivity contribution in [2.24, 2.45) is 0 Å². The van der Waals surface area contributed by atoms with Crippen LogP contribution in [0.2, 0.25) is 0 Å². The van der Waals surface area contributed by atoms with Crippen molar-refractivity contribution < 1.29 is 25.8 Å². The molecule has 0 aliphatic carbocycles. The molecule has 0 radical (unpaired) electrons. The molecular weight excluding hydrogens is 978 g/mol. The maximum absolute atomic E-state index is 6.81. The molecule has 7 heteroatoms. The van der Waals surface area contributed by atoms with Crippen molar-refractivity contribution in [2.45, 2.75) is 52.5 Å². The molecule has 65 heavy (non-hydrogen) atoms. The Balaban J connectivity index is 0.00000498. The van der Waals surface area contributed by atoms with E-state index in [1.807, 2.05) is 24.4 Å². The Hall–Kier alpha value is -6.88. The van der Waals surface area contributed by atoms with Crippen LogP contribution in [-0.4, -0.2) is 24.6 Å². The van der Waals surface area contributed by atoms with Crippen LogP contribution < -0.4 is 9.64 Å². The van der Waals surface area contributed by atoms with Crippen molar-refractivity contribution in [2.75, 3.05) is 4.90 Å². The summed E-state index contributed by atoms with van der Waals surface area (Å²) in [7, 11) is 0. The average Bonchev–Trinajstić information content (AvgIpc) is 3.98. The van der Waals surface area contributed by atoms with Gasteiger partial charge < -0.3 is 23.7 Å². The Morgan fingerprint density at radius 1 is 0.554 bits per heavy atom. The Labute approximate surface area is 395 Å². The zero-order chi connectivity index (χ0) is 43.7. The van der Waals surface area contributed by atoms with Gasteiger partial charge in [-0.25, -0.2) is 4.98 Å². The summed E-state index contributed by atoms with van der Waals surface area (Å²) >= 11 is 0. The number of aromatic nitrogens is 3. The van der Waals surface area contributed by atoms with Crippen molar-refractivity contribution in [1.82, 2.24) is 19.0 Å². The third-order valence-corrected chi connectivity index (χ3v) is 12.3. The summed E-state index contributed by atoms with van der Waals surface area (Å²) in [5.74, 6) is 2.01. The summed E-state index contributed by atoms with van der Waals surface area (Å²) in [5.41, 5.74) is 11.6. The number of rotatable bonds is 7. The molecule has 0 unspecified atom stereocenters. The molecule has 1 aliphatic heterocycles. The normalized spacial score (nSPS) is 13.4. The van der Waals surface area contributed by atoms with Crippen molar-refractivity contribution in [3.8, 4) is 23.0 Å². The maximum atomic E-state index is 6.81. The van der Waals surface area contributed by atoms with Gasteiger partial charge in [0.2, 0.25) is 0 Å². The van der Waals surface area contributed by atoms with Crippen LogP contribution in [0.5, 0.6) is 11.5 Å². The van der Waals surface area contributed by atoms with Gasteiger partial charge in [-0.2, -0.15) is 18.8 Å². The van der Waals surface area contributed by atoms with Crippen LogP contribution in [0, 0.1) is 18.8 Å². The van der Waals surface area contributed by atoms with E-state index in [0.29, 0.717) is 11.5 Å². The van der Waals surface area contributed by atoms with E-state index < -0.39 is 0 Å². The molecule has 0 saturated carbocycles. The first-order chi connectivity index (χ1) is 31.0. The van der Waals surface area contributed by atoms with E-state index in [9.17, 15) is 0 Å². The van der Waals surface area contributed by atoms with Crippen molar-refractivity contribution >= 4 is 60.7 Å². The van der Waals surface area contributed by atoms with Gasteiger partial charge in [0, 0.05) is 77.7 Å². The molecule has 0 spiro atoms. The third kappa shape index (κ3) is 7.31. The van der Waals surface area contributed by atoms with Gasteiger partial charge in [-0.3, -0.25) is 0 Å². The number of hydrogen-bond donors (Lipinski definition) is 0. The number of fused-ring (bicyclic) bond motifs is 7. The summed E-state index contributed by atoms with van der Waals surface area (Å²) in [6.45, 7) is 15.7. The standard InChI is InChI=1S/C58H48N5O.Pt/c1-57(2,3)41-33-34-59-52(35-41)63-50-32-31-47-46-27-16-17-28-49(46)62(42-23-14-9-15-24-42)56(47)53(50)48-30-29-45(37-51(48)63)64-44-26-18-25-43(36-44)60-38-61(58(4,5)6)55(40-21-12-8-13-22-40)54(60)39-19-10-7-11-20-39;/h7-35,38H,1-6H3;/q-3;. The number of benzene rings is 7. The molecule has 4 heterocycles. The first kappa shape index (κ1) is 42.1. The minimum absolute atomic E-state index is 0. The Bertz CT molecular complexity index is 3410. The van der Waals surface area contributed by atoms with Crippen molar-refractivity contribution in [1.29, 1.82) is 0 Å². The molecule has 10 aromatic rings. The largest absolute Gasteiger partial charge is 0.509 e. The quantitative estimate of drug-likeness (QED) is 0.149. The van der Waals surface area contributed by atoms with Crippen LogP contribution in [0.1, 0.15) is 58.2 Å². The van der Waals surface area contributed by atoms with Crippen LogP contribution in [0.25, 0.3) is 66.5 Å². The molecule has 6 nitrogen and oxygen atoms in total. The van der Waals surface area contributed by atoms with Gasteiger partial charge >= 0.3 is 0 Å². The molecule has 11 rings (SSSR count). The number of anilines is 1. The van der Waals surface area contributed by atoms with Crippen LogP contribution in [0.4, 0.5) is 5.69 Å². The van der Waals surface area contributed by atoms with Gasteiger partial charge in [0.25, 0.3) is 0 Å². The predicted octanol–water partition coefficient (Wildman–Crippen LogP) is 14.5. The van der Waals surface area contributed by atoms with Gasteiger partial charge in [-0.05, 0) is 84.7 Å². The number of pyridine rings is 1. The second-order valence-electron chi connectivity index (χ2n) is 18.6. The molecule has 324 valence electrons. The van der Waals surface area contributed by atoms with Crippen LogP contribution >= 0.6 is 0 Å². The van der Waals surface area contributed by atoms with Crippen molar-refractivity contribution in [3.05, 3.63) is 212 Å². The minimum Gasteiger partial charge on any atom is -0.509 e. The summed E-state index contributed by atoms with van der Waals surface area (Å²) in [6, 6.07) is 67.1. The molecule has 0 bridgehead atoms. The summed E-state index contributed by atoms with van der Waals surface area (Å²) < 4.78 is 11.5.